The van der Waals surface area contributed by atoms with Crippen LogP contribution in [0, 0.1) is 0 Å². The highest BCUT2D eigenvalue weighted by molar-refractivity contribution is 5.54. The Hall–Kier alpha value is -1.06. The molecule has 0 spiro atoms. The molecule has 0 heterocycles. The van der Waals surface area contributed by atoms with E-state index in [1.807, 2.05) is 43.1 Å². The van der Waals surface area contributed by atoms with E-state index < -0.39 is 0 Å². The molecule has 3 nitrogen and oxygen atoms in total. The van der Waals surface area contributed by atoms with Gasteiger partial charge in [-0.1, -0.05) is 18.2 Å². The van der Waals surface area contributed by atoms with E-state index in [-0.39, 0.29) is 12.1 Å². The summed E-state index contributed by atoms with van der Waals surface area (Å²) >= 11 is 0. The van der Waals surface area contributed by atoms with Gasteiger partial charge in [0, 0.05) is 25.3 Å². The molecule has 0 fully saturated rings. The number of aliphatic hydroxyl groups is 1. The molecular formula is C12H20N2O. The van der Waals surface area contributed by atoms with Crippen LogP contribution in [0.3, 0.4) is 0 Å². The van der Waals surface area contributed by atoms with Gasteiger partial charge in [-0.3, -0.25) is 0 Å². The SMILES string of the molecule is CC(O)CN(C)c1ccccc1[C@H](C)N. The summed E-state index contributed by atoms with van der Waals surface area (Å²) in [7, 11) is 1.97. The summed E-state index contributed by atoms with van der Waals surface area (Å²) in [5.41, 5.74) is 8.10. The van der Waals surface area contributed by atoms with Crippen LogP contribution in [0.4, 0.5) is 5.69 Å². The Bertz CT molecular complexity index is 310. The first-order chi connectivity index (χ1) is 7.02. The van der Waals surface area contributed by atoms with Crippen molar-refractivity contribution in [2.45, 2.75) is 26.0 Å². The monoisotopic (exact) mass is 208 g/mol. The van der Waals surface area contributed by atoms with Gasteiger partial charge in [-0.2, -0.15) is 0 Å². The van der Waals surface area contributed by atoms with Crippen LogP contribution >= 0.6 is 0 Å². The molecule has 0 aliphatic heterocycles. The normalized spacial score (nSPS) is 14.7. The standard InChI is InChI=1S/C12H20N2O/c1-9(15)8-14(3)12-7-5-4-6-11(12)10(2)13/h4-7,9-10,15H,8,13H2,1-3H3/t9?,10-/m0/s1. The number of nitrogens with two attached hydrogens (primary N) is 1. The van der Waals surface area contributed by atoms with Crippen molar-refractivity contribution in [3.05, 3.63) is 29.8 Å². The van der Waals surface area contributed by atoms with Gasteiger partial charge < -0.3 is 15.7 Å². The zero-order chi connectivity index (χ0) is 11.4. The lowest BCUT2D eigenvalue weighted by Gasteiger charge is -2.25. The number of hydrogen-bond donors (Lipinski definition) is 2. The van der Waals surface area contributed by atoms with Gasteiger partial charge >= 0.3 is 0 Å². The summed E-state index contributed by atoms with van der Waals surface area (Å²) in [6, 6.07) is 8.04. The Labute approximate surface area is 91.5 Å². The molecule has 0 saturated heterocycles. The molecular weight excluding hydrogens is 188 g/mol. The van der Waals surface area contributed by atoms with E-state index in [1.54, 1.807) is 6.92 Å². The summed E-state index contributed by atoms with van der Waals surface area (Å²) in [5.74, 6) is 0. The van der Waals surface area contributed by atoms with Crippen LogP contribution in [-0.4, -0.2) is 24.8 Å². The molecule has 1 unspecified atom stereocenters. The maximum atomic E-state index is 9.34. The Morgan fingerprint density at radius 1 is 1.33 bits per heavy atom. The third-order valence-electron chi connectivity index (χ3n) is 2.38. The predicted octanol–water partition coefficient (Wildman–Crippen LogP) is 1.52. The second-order valence-corrected chi connectivity index (χ2v) is 4.08. The van der Waals surface area contributed by atoms with Gasteiger partial charge in [0.2, 0.25) is 0 Å². The van der Waals surface area contributed by atoms with E-state index in [0.717, 1.165) is 11.3 Å². The molecule has 0 radical (unpaired) electrons. The first kappa shape index (κ1) is 12.0. The largest absolute Gasteiger partial charge is 0.392 e. The molecule has 0 bridgehead atoms. The molecule has 2 atom stereocenters. The minimum atomic E-state index is -0.337. The number of aliphatic hydroxyl groups excluding tert-OH is 1. The quantitative estimate of drug-likeness (QED) is 0.788. The highest BCUT2D eigenvalue weighted by Crippen LogP contribution is 2.23. The highest BCUT2D eigenvalue weighted by atomic mass is 16.3. The summed E-state index contributed by atoms with van der Waals surface area (Å²) < 4.78 is 0. The minimum Gasteiger partial charge on any atom is -0.392 e. The lowest BCUT2D eigenvalue weighted by molar-refractivity contribution is 0.201. The minimum absolute atomic E-state index is 0.0117. The zero-order valence-corrected chi connectivity index (χ0v) is 9.64. The van der Waals surface area contributed by atoms with Crippen molar-refractivity contribution in [3.63, 3.8) is 0 Å². The van der Waals surface area contributed by atoms with Crippen molar-refractivity contribution in [2.24, 2.45) is 5.73 Å². The number of para-hydroxylation sites is 1. The fourth-order valence-corrected chi connectivity index (χ4v) is 1.71. The van der Waals surface area contributed by atoms with Crippen molar-refractivity contribution >= 4 is 5.69 Å². The summed E-state index contributed by atoms with van der Waals surface area (Å²) in [6.45, 7) is 4.36. The molecule has 0 aliphatic carbocycles. The molecule has 0 aromatic heterocycles. The van der Waals surface area contributed by atoms with Crippen LogP contribution in [0.5, 0.6) is 0 Å². The van der Waals surface area contributed by atoms with Crippen molar-refractivity contribution < 1.29 is 5.11 Å². The molecule has 1 aromatic carbocycles. The average Bonchev–Trinajstić information content (AvgIpc) is 2.16. The maximum Gasteiger partial charge on any atom is 0.0686 e. The molecule has 84 valence electrons. The number of hydrogen-bond acceptors (Lipinski definition) is 3. The average molecular weight is 208 g/mol. The summed E-state index contributed by atoms with van der Waals surface area (Å²) in [5, 5.41) is 9.34. The van der Waals surface area contributed by atoms with Gasteiger partial charge in [0.05, 0.1) is 6.10 Å². The number of nitrogens with zero attached hydrogens (tertiary/aromatic N) is 1. The van der Waals surface area contributed by atoms with Gasteiger partial charge in [-0.25, -0.2) is 0 Å². The molecule has 0 amide bonds. The van der Waals surface area contributed by atoms with E-state index in [2.05, 4.69) is 0 Å². The third-order valence-corrected chi connectivity index (χ3v) is 2.38. The van der Waals surface area contributed by atoms with E-state index in [0.29, 0.717) is 6.54 Å². The molecule has 3 N–H and O–H groups in total. The van der Waals surface area contributed by atoms with E-state index in [4.69, 9.17) is 5.73 Å². The smallest absolute Gasteiger partial charge is 0.0686 e. The number of likely N-dealkylation sites (N-methyl/N-ethyl adjacent to an activating group) is 1. The van der Waals surface area contributed by atoms with Gasteiger partial charge in [0.25, 0.3) is 0 Å². The number of benzene rings is 1. The topological polar surface area (TPSA) is 49.5 Å². The first-order valence-corrected chi connectivity index (χ1v) is 5.26. The second kappa shape index (κ2) is 5.14. The van der Waals surface area contributed by atoms with E-state index in [9.17, 15) is 5.11 Å². The van der Waals surface area contributed by atoms with Crippen molar-refractivity contribution in [2.75, 3.05) is 18.5 Å². The fraction of sp³-hybridized carbons (Fsp3) is 0.500. The molecule has 15 heavy (non-hydrogen) atoms. The van der Waals surface area contributed by atoms with Crippen molar-refractivity contribution in [1.29, 1.82) is 0 Å². The van der Waals surface area contributed by atoms with Gasteiger partial charge in [-0.05, 0) is 25.5 Å². The van der Waals surface area contributed by atoms with Crippen LogP contribution in [0.2, 0.25) is 0 Å². The molecule has 1 rings (SSSR count). The first-order valence-electron chi connectivity index (χ1n) is 5.26. The summed E-state index contributed by atoms with van der Waals surface area (Å²) in [4.78, 5) is 2.03. The Morgan fingerprint density at radius 2 is 1.93 bits per heavy atom. The number of anilines is 1. The molecule has 3 heteroatoms. The Balaban J connectivity index is 2.92. The van der Waals surface area contributed by atoms with Crippen LogP contribution < -0.4 is 10.6 Å². The second-order valence-electron chi connectivity index (χ2n) is 4.08. The van der Waals surface area contributed by atoms with Crippen LogP contribution in [0.1, 0.15) is 25.5 Å². The molecule has 1 aromatic rings. The van der Waals surface area contributed by atoms with Crippen LogP contribution in [0.15, 0.2) is 24.3 Å². The van der Waals surface area contributed by atoms with Gasteiger partial charge in [0.15, 0.2) is 0 Å². The Kier molecular flexibility index (Phi) is 4.12. The third kappa shape index (κ3) is 3.22. The van der Waals surface area contributed by atoms with Gasteiger partial charge in [0.1, 0.15) is 0 Å². The van der Waals surface area contributed by atoms with Crippen molar-refractivity contribution in [3.8, 4) is 0 Å². The number of rotatable bonds is 4. The lowest BCUT2D eigenvalue weighted by atomic mass is 10.1. The van der Waals surface area contributed by atoms with Gasteiger partial charge in [-0.15, -0.1) is 0 Å². The maximum absolute atomic E-state index is 9.34. The predicted molar refractivity (Wildman–Crippen MR) is 64.0 cm³/mol. The van der Waals surface area contributed by atoms with Crippen LogP contribution in [-0.2, 0) is 0 Å². The Morgan fingerprint density at radius 3 is 2.47 bits per heavy atom. The molecule has 0 aliphatic rings. The highest BCUT2D eigenvalue weighted by Gasteiger charge is 2.11. The summed E-state index contributed by atoms with van der Waals surface area (Å²) in [6.07, 6.45) is -0.337. The van der Waals surface area contributed by atoms with E-state index >= 15 is 0 Å². The zero-order valence-electron chi connectivity index (χ0n) is 9.64. The van der Waals surface area contributed by atoms with E-state index in [1.165, 1.54) is 0 Å². The van der Waals surface area contributed by atoms with Crippen molar-refractivity contribution in [1.82, 2.24) is 0 Å². The van der Waals surface area contributed by atoms with Crippen LogP contribution in [0.25, 0.3) is 0 Å². The molecule has 0 saturated carbocycles. The fourth-order valence-electron chi connectivity index (χ4n) is 1.71. The lowest BCUT2D eigenvalue weighted by Crippen LogP contribution is -2.28.